The van der Waals surface area contributed by atoms with Crippen LogP contribution in [-0.2, 0) is 4.79 Å². The summed E-state index contributed by atoms with van der Waals surface area (Å²) < 4.78 is 14.4. The molecule has 1 aliphatic rings. The van der Waals surface area contributed by atoms with E-state index >= 15 is 0 Å². The van der Waals surface area contributed by atoms with E-state index in [1.807, 2.05) is 45.0 Å². The molecule has 0 saturated heterocycles. The number of carbonyl (C=O) groups is 1. The van der Waals surface area contributed by atoms with Crippen LogP contribution in [0.2, 0.25) is 0 Å². The number of thiazole rings is 1. The summed E-state index contributed by atoms with van der Waals surface area (Å²) in [6, 6.07) is 10.3. The molecule has 1 atom stereocenters. The Morgan fingerprint density at radius 1 is 1.23 bits per heavy atom. The third-order valence-corrected chi connectivity index (χ3v) is 9.13. The highest BCUT2D eigenvalue weighted by atomic mass is 79.9. The summed E-state index contributed by atoms with van der Waals surface area (Å²) in [5.41, 5.74) is 1.47. The predicted molar refractivity (Wildman–Crippen MR) is 157 cm³/mol. The number of amides is 1. The highest BCUT2D eigenvalue weighted by molar-refractivity contribution is 9.10. The van der Waals surface area contributed by atoms with Crippen LogP contribution in [-0.4, -0.2) is 45.5 Å². The lowest BCUT2D eigenvalue weighted by Crippen LogP contribution is -2.43. The summed E-state index contributed by atoms with van der Waals surface area (Å²) in [4.78, 5) is 43.2. The smallest absolute Gasteiger partial charge is 0.271 e. The van der Waals surface area contributed by atoms with E-state index in [0.717, 1.165) is 4.47 Å². The molecule has 12 heteroatoms. The second kappa shape index (κ2) is 11.9. The number of halogens is 1. The molecular weight excluding hydrogens is 614 g/mol. The minimum atomic E-state index is -0.702. The van der Waals surface area contributed by atoms with E-state index in [0.29, 0.717) is 61.0 Å². The lowest BCUT2D eigenvalue weighted by atomic mass is 9.94. The normalized spacial score (nSPS) is 15.1. The Kier molecular flexibility index (Phi) is 8.38. The lowest BCUT2D eigenvalue weighted by Gasteiger charge is -2.29. The highest BCUT2D eigenvalue weighted by Crippen LogP contribution is 2.36. The topological polar surface area (TPSA) is 103 Å². The Bertz CT molecular complexity index is 1770. The maximum Gasteiger partial charge on any atom is 0.271 e. The average Bonchev–Trinajstić information content (AvgIpc) is 3.46. The van der Waals surface area contributed by atoms with Crippen molar-refractivity contribution in [1.29, 1.82) is 0 Å². The second-order valence-corrected chi connectivity index (χ2v) is 11.5. The van der Waals surface area contributed by atoms with Gasteiger partial charge in [-0.25, -0.2) is 15.0 Å². The Morgan fingerprint density at radius 2 is 1.95 bits per heavy atom. The molecule has 0 saturated carbocycles. The molecule has 4 heterocycles. The number of likely N-dealkylation sites (N-methyl/N-ethyl adjacent to an activating group) is 1. The van der Waals surface area contributed by atoms with Crippen LogP contribution in [0.3, 0.4) is 0 Å². The van der Waals surface area contributed by atoms with Crippen LogP contribution >= 0.6 is 39.0 Å². The predicted octanol–water partition coefficient (Wildman–Crippen LogP) is 4.41. The number of hydrogen-bond donors (Lipinski definition) is 0. The van der Waals surface area contributed by atoms with Gasteiger partial charge in [-0.2, -0.15) is 0 Å². The number of nitrogens with zero attached hydrogens (tertiary/aromatic N) is 5. The number of para-hydroxylation sites is 1. The number of rotatable bonds is 8. The summed E-state index contributed by atoms with van der Waals surface area (Å²) in [5.74, 6) is 0.914. The first kappa shape index (κ1) is 28.1. The molecule has 0 spiro atoms. The first-order valence-corrected chi connectivity index (χ1v) is 15.0. The Labute approximate surface area is 247 Å². The van der Waals surface area contributed by atoms with Gasteiger partial charge in [0.2, 0.25) is 0 Å². The molecule has 1 aliphatic heterocycles. The number of methoxy groups -OCH3 is 1. The standard InChI is InChI=1S/C28H26BrN5O4S2/c1-5-33(6-2)25(36)22-16(3)32-28-34(23(22)18-10-7-8-11-20(18)37-4)24(35)21(39-28)15-17-14-19(29)26(38-17)40-27-30-12-9-13-31-27/h7-15,23H,5-6H2,1-4H3/b21-15-/t23-/m1/s1. The van der Waals surface area contributed by atoms with E-state index in [4.69, 9.17) is 14.1 Å². The number of furan rings is 1. The van der Waals surface area contributed by atoms with Gasteiger partial charge in [0.15, 0.2) is 15.1 Å². The number of benzene rings is 1. The van der Waals surface area contributed by atoms with E-state index in [-0.39, 0.29) is 11.5 Å². The van der Waals surface area contributed by atoms with Gasteiger partial charge in [0.05, 0.1) is 27.4 Å². The van der Waals surface area contributed by atoms with Crippen LogP contribution < -0.4 is 19.6 Å². The monoisotopic (exact) mass is 639 g/mol. The van der Waals surface area contributed by atoms with Crippen molar-refractivity contribution >= 4 is 51.0 Å². The minimum absolute atomic E-state index is 0.156. The maximum absolute atomic E-state index is 14.0. The summed E-state index contributed by atoms with van der Waals surface area (Å²) in [5, 5.41) is 1.11. The molecule has 1 aromatic carbocycles. The van der Waals surface area contributed by atoms with Crippen molar-refractivity contribution in [3.63, 3.8) is 0 Å². The molecule has 5 rings (SSSR count). The van der Waals surface area contributed by atoms with Crippen LogP contribution in [0.1, 0.15) is 38.1 Å². The van der Waals surface area contributed by atoms with Crippen molar-refractivity contribution in [2.24, 2.45) is 4.99 Å². The molecular formula is C28H26BrN5O4S2. The zero-order valence-electron chi connectivity index (χ0n) is 22.3. The summed E-state index contributed by atoms with van der Waals surface area (Å²) in [7, 11) is 1.58. The molecule has 40 heavy (non-hydrogen) atoms. The zero-order chi connectivity index (χ0) is 28.4. The molecule has 1 amide bonds. The number of allylic oxidation sites excluding steroid dienone is 1. The average molecular weight is 641 g/mol. The first-order valence-electron chi connectivity index (χ1n) is 12.5. The third-order valence-electron chi connectivity index (χ3n) is 6.41. The van der Waals surface area contributed by atoms with Gasteiger partial charge >= 0.3 is 0 Å². The summed E-state index contributed by atoms with van der Waals surface area (Å²) in [6.45, 7) is 6.76. The number of hydrogen-bond acceptors (Lipinski definition) is 9. The van der Waals surface area contributed by atoms with Crippen LogP contribution in [0.4, 0.5) is 0 Å². The molecule has 4 aromatic rings. The highest BCUT2D eigenvalue weighted by Gasteiger charge is 2.35. The fourth-order valence-electron chi connectivity index (χ4n) is 4.52. The van der Waals surface area contributed by atoms with E-state index in [9.17, 15) is 9.59 Å². The van der Waals surface area contributed by atoms with Gasteiger partial charge in [-0.1, -0.05) is 29.5 Å². The quantitative estimate of drug-likeness (QED) is 0.263. The Morgan fingerprint density at radius 3 is 2.65 bits per heavy atom. The molecule has 206 valence electrons. The second-order valence-electron chi connectivity index (χ2n) is 8.72. The molecule has 9 nitrogen and oxygen atoms in total. The largest absolute Gasteiger partial charge is 0.496 e. The van der Waals surface area contributed by atoms with Gasteiger partial charge in [0.25, 0.3) is 11.5 Å². The van der Waals surface area contributed by atoms with Crippen LogP contribution in [0, 0.1) is 0 Å². The molecule has 0 aliphatic carbocycles. The van der Waals surface area contributed by atoms with Gasteiger partial charge < -0.3 is 14.1 Å². The minimum Gasteiger partial charge on any atom is -0.496 e. The van der Waals surface area contributed by atoms with Crippen molar-refractivity contribution in [2.45, 2.75) is 37.1 Å². The van der Waals surface area contributed by atoms with Crippen molar-refractivity contribution < 1.29 is 13.9 Å². The van der Waals surface area contributed by atoms with Crippen molar-refractivity contribution in [2.75, 3.05) is 20.2 Å². The van der Waals surface area contributed by atoms with E-state index in [1.165, 1.54) is 23.1 Å². The summed E-state index contributed by atoms with van der Waals surface area (Å²) in [6.07, 6.45) is 5.01. The Balaban J connectivity index is 1.65. The van der Waals surface area contributed by atoms with Gasteiger partial charge in [-0.05, 0) is 66.7 Å². The maximum atomic E-state index is 14.0. The fraction of sp³-hybridized carbons (Fsp3) is 0.250. The van der Waals surface area contributed by atoms with E-state index in [1.54, 1.807) is 47.2 Å². The third kappa shape index (κ3) is 5.30. The lowest BCUT2D eigenvalue weighted by molar-refractivity contribution is -0.127. The van der Waals surface area contributed by atoms with Crippen molar-refractivity contribution in [3.8, 4) is 5.75 Å². The fourth-order valence-corrected chi connectivity index (χ4v) is 6.79. The molecule has 0 radical (unpaired) electrons. The van der Waals surface area contributed by atoms with Crippen LogP contribution in [0.25, 0.3) is 6.08 Å². The van der Waals surface area contributed by atoms with Crippen molar-refractivity contribution in [3.05, 3.63) is 95.5 Å². The molecule has 0 N–H and O–H groups in total. The van der Waals surface area contributed by atoms with Crippen LogP contribution in [0.5, 0.6) is 5.75 Å². The van der Waals surface area contributed by atoms with Crippen LogP contribution in [0.15, 0.2) is 89.0 Å². The number of carbonyl (C=O) groups excluding carboxylic acids is 1. The number of fused-ring (bicyclic) bond motifs is 1. The Hall–Kier alpha value is -3.48. The SMILES string of the molecule is CCN(CC)C(=O)C1=C(C)N=c2s/c(=C\c3cc(Br)c(Sc4ncccn4)o3)c(=O)n2[C@@H]1c1ccccc1OC. The van der Waals surface area contributed by atoms with E-state index in [2.05, 4.69) is 25.9 Å². The molecule has 0 fully saturated rings. The molecule has 0 bridgehead atoms. The van der Waals surface area contributed by atoms with Gasteiger partial charge in [-0.3, -0.25) is 14.2 Å². The molecule has 3 aromatic heterocycles. The van der Waals surface area contributed by atoms with Gasteiger partial charge in [0, 0.05) is 37.1 Å². The zero-order valence-corrected chi connectivity index (χ0v) is 25.5. The first-order chi connectivity index (χ1) is 19.4. The van der Waals surface area contributed by atoms with Gasteiger partial charge in [0.1, 0.15) is 17.6 Å². The number of ether oxygens (including phenoxy) is 1. The number of aromatic nitrogens is 3. The summed E-state index contributed by atoms with van der Waals surface area (Å²) >= 11 is 6.05. The van der Waals surface area contributed by atoms with Gasteiger partial charge in [-0.15, -0.1) is 0 Å². The van der Waals surface area contributed by atoms with E-state index < -0.39 is 6.04 Å². The molecule has 0 unspecified atom stereocenters. The van der Waals surface area contributed by atoms with Crippen molar-refractivity contribution in [1.82, 2.24) is 19.4 Å².